The predicted octanol–water partition coefficient (Wildman–Crippen LogP) is 3.05. The van der Waals surface area contributed by atoms with E-state index in [2.05, 4.69) is 20.0 Å². The van der Waals surface area contributed by atoms with Gasteiger partial charge in [-0.2, -0.15) is 0 Å². The van der Waals surface area contributed by atoms with E-state index in [0.29, 0.717) is 36.1 Å². The summed E-state index contributed by atoms with van der Waals surface area (Å²) in [7, 11) is -3.74. The van der Waals surface area contributed by atoms with Crippen LogP contribution in [0.2, 0.25) is 0 Å². The maximum Gasteiger partial charge on any atom is 0.262 e. The number of hydrogen-bond acceptors (Lipinski definition) is 7. The molecule has 0 aliphatic carbocycles. The van der Waals surface area contributed by atoms with E-state index in [-0.39, 0.29) is 17.2 Å². The zero-order valence-corrected chi connectivity index (χ0v) is 16.9. The summed E-state index contributed by atoms with van der Waals surface area (Å²) >= 11 is 1.50. The van der Waals surface area contributed by atoms with Crippen LogP contribution in [-0.2, 0) is 21.2 Å². The molecule has 1 aliphatic rings. The molecule has 0 bridgehead atoms. The summed E-state index contributed by atoms with van der Waals surface area (Å²) in [5.74, 6) is 0.613. The summed E-state index contributed by atoms with van der Waals surface area (Å²) < 4.78 is 32.9. The number of nitrogens with zero attached hydrogens (tertiary/aromatic N) is 2. The summed E-state index contributed by atoms with van der Waals surface area (Å²) in [5.41, 5.74) is 0.879. The van der Waals surface area contributed by atoms with Crippen molar-refractivity contribution in [1.29, 1.82) is 0 Å². The lowest BCUT2D eigenvalue weighted by Gasteiger charge is -2.10. The fourth-order valence-corrected chi connectivity index (χ4v) is 4.64. The molecule has 3 heterocycles. The maximum atomic E-state index is 12.5. The van der Waals surface area contributed by atoms with Gasteiger partial charge in [0.25, 0.3) is 10.0 Å². The number of rotatable bonds is 6. The molecule has 0 fully saturated rings. The second-order valence-electron chi connectivity index (χ2n) is 6.41. The predicted molar refractivity (Wildman–Crippen MR) is 110 cm³/mol. The first-order valence-electron chi connectivity index (χ1n) is 8.94. The summed E-state index contributed by atoms with van der Waals surface area (Å²) in [6.07, 6.45) is 2.91. The standard InChI is InChI=1S/C19H18N4O4S2/c24-18(11-14-12-27-19(22-14)16-6-3-9-28-16)21-13-4-1-5-15(10-13)29(25,26)23-17-7-2-8-20-17/h1,3-6,9-10,12H,2,7-8,11H2,(H,20,23)(H,21,24). The fraction of sp³-hybridized carbons (Fsp3) is 0.211. The van der Waals surface area contributed by atoms with Gasteiger partial charge in [0.05, 0.1) is 21.9 Å². The van der Waals surface area contributed by atoms with Gasteiger partial charge >= 0.3 is 0 Å². The third-order valence-corrected chi connectivity index (χ3v) is 6.42. The third kappa shape index (κ3) is 4.72. The van der Waals surface area contributed by atoms with E-state index in [1.54, 1.807) is 12.1 Å². The number of anilines is 1. The van der Waals surface area contributed by atoms with Gasteiger partial charge in [0.2, 0.25) is 11.8 Å². The van der Waals surface area contributed by atoms with Gasteiger partial charge in [-0.3, -0.25) is 14.5 Å². The van der Waals surface area contributed by atoms with E-state index in [9.17, 15) is 13.2 Å². The molecule has 8 nitrogen and oxygen atoms in total. The second kappa shape index (κ2) is 8.18. The number of thiophene rings is 1. The molecule has 0 saturated heterocycles. The second-order valence-corrected chi connectivity index (χ2v) is 9.04. The number of oxazole rings is 1. The van der Waals surface area contributed by atoms with Crippen molar-refractivity contribution in [3.05, 3.63) is 53.7 Å². The number of nitrogens with one attached hydrogen (secondary N) is 2. The van der Waals surface area contributed by atoms with Crippen LogP contribution in [0, 0.1) is 0 Å². The molecule has 2 aromatic heterocycles. The highest BCUT2D eigenvalue weighted by Gasteiger charge is 2.19. The number of carbonyl (C=O) groups is 1. The molecule has 0 unspecified atom stereocenters. The molecule has 29 heavy (non-hydrogen) atoms. The van der Waals surface area contributed by atoms with Crippen molar-refractivity contribution in [2.75, 3.05) is 11.9 Å². The highest BCUT2D eigenvalue weighted by molar-refractivity contribution is 7.90. The Kier molecular flexibility index (Phi) is 5.45. The van der Waals surface area contributed by atoms with E-state index < -0.39 is 10.0 Å². The van der Waals surface area contributed by atoms with Crippen molar-refractivity contribution in [1.82, 2.24) is 9.71 Å². The van der Waals surface area contributed by atoms with Crippen molar-refractivity contribution in [2.45, 2.75) is 24.2 Å². The average molecular weight is 431 g/mol. The number of sulfonamides is 1. The Morgan fingerprint density at radius 1 is 1.24 bits per heavy atom. The van der Waals surface area contributed by atoms with Crippen molar-refractivity contribution >= 4 is 38.8 Å². The normalized spacial score (nSPS) is 13.9. The Balaban J connectivity index is 1.41. The van der Waals surface area contributed by atoms with E-state index >= 15 is 0 Å². The molecule has 1 amide bonds. The number of carbonyl (C=O) groups excluding carboxylic acids is 1. The molecular formula is C19H18N4O4S2. The van der Waals surface area contributed by atoms with E-state index in [0.717, 1.165) is 11.3 Å². The van der Waals surface area contributed by atoms with Gasteiger partial charge in [-0.1, -0.05) is 12.1 Å². The monoisotopic (exact) mass is 430 g/mol. The minimum Gasteiger partial charge on any atom is -0.444 e. The molecule has 0 spiro atoms. The van der Waals surface area contributed by atoms with Gasteiger partial charge < -0.3 is 9.73 Å². The van der Waals surface area contributed by atoms with Crippen LogP contribution in [-0.4, -0.2) is 31.7 Å². The molecule has 0 radical (unpaired) electrons. The molecule has 10 heteroatoms. The number of aliphatic imine (C=N–C) groups is 1. The summed E-state index contributed by atoms with van der Waals surface area (Å²) in [6, 6.07) is 9.87. The highest BCUT2D eigenvalue weighted by atomic mass is 32.2. The number of aromatic nitrogens is 1. The Morgan fingerprint density at radius 3 is 2.90 bits per heavy atom. The highest BCUT2D eigenvalue weighted by Crippen LogP contribution is 2.24. The first-order valence-corrected chi connectivity index (χ1v) is 11.3. The van der Waals surface area contributed by atoms with Crippen molar-refractivity contribution in [2.24, 2.45) is 4.99 Å². The first kappa shape index (κ1) is 19.3. The molecule has 1 aromatic carbocycles. The number of benzene rings is 1. The number of amidine groups is 1. The van der Waals surface area contributed by atoms with Crippen LogP contribution >= 0.6 is 11.3 Å². The molecule has 0 saturated carbocycles. The molecule has 2 N–H and O–H groups in total. The molecule has 150 valence electrons. The maximum absolute atomic E-state index is 12.5. The van der Waals surface area contributed by atoms with Crippen LogP contribution in [0.5, 0.6) is 0 Å². The minimum atomic E-state index is -3.74. The van der Waals surface area contributed by atoms with Gasteiger partial charge in [-0.15, -0.1) is 11.3 Å². The average Bonchev–Trinajstić information content (AvgIpc) is 3.44. The minimum absolute atomic E-state index is 0.0148. The van der Waals surface area contributed by atoms with Gasteiger partial charge in [0.1, 0.15) is 12.1 Å². The smallest absolute Gasteiger partial charge is 0.262 e. The van der Waals surface area contributed by atoms with E-state index in [1.165, 1.54) is 29.7 Å². The zero-order chi connectivity index (χ0) is 20.3. The Labute approximate surface area is 171 Å². The van der Waals surface area contributed by atoms with E-state index in [4.69, 9.17) is 4.42 Å². The van der Waals surface area contributed by atoms with Crippen LogP contribution < -0.4 is 10.0 Å². The largest absolute Gasteiger partial charge is 0.444 e. The van der Waals surface area contributed by atoms with Crippen molar-refractivity contribution < 1.29 is 17.6 Å². The molecule has 4 rings (SSSR count). The summed E-state index contributed by atoms with van der Waals surface area (Å²) in [6.45, 7) is 0.629. The van der Waals surface area contributed by atoms with Gasteiger partial charge in [0.15, 0.2) is 0 Å². The lowest BCUT2D eigenvalue weighted by molar-refractivity contribution is -0.115. The number of amides is 1. The SMILES string of the molecule is O=C(Cc1coc(-c2cccs2)n1)Nc1cccc(S(=O)(=O)NC2=NCCC2)c1. The third-order valence-electron chi connectivity index (χ3n) is 4.18. The Hall–Kier alpha value is -2.98. The van der Waals surface area contributed by atoms with Crippen molar-refractivity contribution in [3.63, 3.8) is 0 Å². The van der Waals surface area contributed by atoms with Gasteiger partial charge in [0, 0.05) is 18.7 Å². The quantitative estimate of drug-likeness (QED) is 0.624. The van der Waals surface area contributed by atoms with Crippen LogP contribution in [0.4, 0.5) is 5.69 Å². The lowest BCUT2D eigenvalue weighted by Crippen LogP contribution is -2.29. The topological polar surface area (TPSA) is 114 Å². The van der Waals surface area contributed by atoms with Crippen LogP contribution in [0.3, 0.4) is 0 Å². The molecule has 3 aromatic rings. The summed E-state index contributed by atoms with van der Waals surface area (Å²) in [4.78, 5) is 21.7. The fourth-order valence-electron chi connectivity index (χ4n) is 2.85. The summed E-state index contributed by atoms with van der Waals surface area (Å²) in [5, 5.41) is 4.62. The molecule has 0 atom stereocenters. The van der Waals surface area contributed by atoms with Gasteiger partial charge in [-0.05, 0) is 36.1 Å². The van der Waals surface area contributed by atoms with Crippen LogP contribution in [0.15, 0.2) is 62.3 Å². The van der Waals surface area contributed by atoms with E-state index in [1.807, 2.05) is 17.5 Å². The van der Waals surface area contributed by atoms with Gasteiger partial charge in [-0.25, -0.2) is 13.4 Å². The number of hydrogen-bond donors (Lipinski definition) is 2. The molecule has 1 aliphatic heterocycles. The van der Waals surface area contributed by atoms with Crippen LogP contribution in [0.25, 0.3) is 10.8 Å². The zero-order valence-electron chi connectivity index (χ0n) is 15.3. The molecular weight excluding hydrogens is 412 g/mol. The lowest BCUT2D eigenvalue weighted by atomic mass is 10.3. The van der Waals surface area contributed by atoms with Crippen molar-refractivity contribution in [3.8, 4) is 10.8 Å². The Morgan fingerprint density at radius 2 is 2.14 bits per heavy atom. The Bertz CT molecular complexity index is 1150. The first-order chi connectivity index (χ1) is 14.0. The van der Waals surface area contributed by atoms with Crippen LogP contribution in [0.1, 0.15) is 18.5 Å².